The normalized spacial score (nSPS) is 12.9. The minimum atomic E-state index is -0.150. The van der Waals surface area contributed by atoms with Gasteiger partial charge in [-0.2, -0.15) is 0 Å². The van der Waals surface area contributed by atoms with Crippen LogP contribution < -0.4 is 5.73 Å². The number of hydrogen-bond donors (Lipinski definition) is 1. The van der Waals surface area contributed by atoms with Crippen molar-refractivity contribution in [1.82, 2.24) is 9.97 Å². The number of methoxy groups -OCH3 is 1. The third kappa shape index (κ3) is 2.25. The lowest BCUT2D eigenvalue weighted by Gasteiger charge is -2.07. The van der Waals surface area contributed by atoms with Crippen molar-refractivity contribution in [2.45, 2.75) is 6.04 Å². The molecule has 1 heterocycles. The van der Waals surface area contributed by atoms with Crippen LogP contribution >= 0.6 is 0 Å². The average molecular weight is 153 g/mol. The van der Waals surface area contributed by atoms with Gasteiger partial charge < -0.3 is 10.5 Å². The maximum absolute atomic E-state index is 5.69. The summed E-state index contributed by atoms with van der Waals surface area (Å²) in [5.74, 6) is 0. The van der Waals surface area contributed by atoms with Gasteiger partial charge in [-0.25, -0.2) is 9.97 Å². The van der Waals surface area contributed by atoms with Gasteiger partial charge in [-0.3, -0.25) is 0 Å². The third-order valence-electron chi connectivity index (χ3n) is 1.33. The first-order valence-corrected chi connectivity index (χ1v) is 3.35. The molecule has 0 aliphatic carbocycles. The highest BCUT2D eigenvalue weighted by Gasteiger charge is 2.04. The third-order valence-corrected chi connectivity index (χ3v) is 1.33. The van der Waals surface area contributed by atoms with Crippen molar-refractivity contribution < 1.29 is 4.74 Å². The monoisotopic (exact) mass is 153 g/mol. The fraction of sp³-hybridized carbons (Fsp3) is 0.429. The molecule has 0 radical (unpaired) electrons. The van der Waals surface area contributed by atoms with E-state index in [1.165, 1.54) is 6.33 Å². The molecule has 0 aliphatic rings. The molecule has 4 nitrogen and oxygen atoms in total. The Balaban J connectivity index is 2.61. The fourth-order valence-corrected chi connectivity index (χ4v) is 0.785. The van der Waals surface area contributed by atoms with Crippen LogP contribution in [0.5, 0.6) is 0 Å². The van der Waals surface area contributed by atoms with Gasteiger partial charge in [0.15, 0.2) is 0 Å². The minimum absolute atomic E-state index is 0.150. The van der Waals surface area contributed by atoms with Crippen LogP contribution in [0.1, 0.15) is 11.7 Å². The highest BCUT2D eigenvalue weighted by molar-refractivity contribution is 5.03. The Hall–Kier alpha value is -1.00. The molecule has 1 atom stereocenters. The van der Waals surface area contributed by atoms with Gasteiger partial charge in [-0.05, 0) is 6.07 Å². The summed E-state index contributed by atoms with van der Waals surface area (Å²) in [5.41, 5.74) is 6.50. The average Bonchev–Trinajstić information content (AvgIpc) is 2.07. The highest BCUT2D eigenvalue weighted by Crippen LogP contribution is 2.03. The quantitative estimate of drug-likeness (QED) is 0.670. The van der Waals surface area contributed by atoms with E-state index in [2.05, 4.69) is 9.97 Å². The molecule has 0 aliphatic heterocycles. The van der Waals surface area contributed by atoms with Crippen molar-refractivity contribution in [1.29, 1.82) is 0 Å². The summed E-state index contributed by atoms with van der Waals surface area (Å²) in [6, 6.07) is 1.63. The van der Waals surface area contributed by atoms with Gasteiger partial charge in [0.05, 0.1) is 18.3 Å². The summed E-state index contributed by atoms with van der Waals surface area (Å²) in [6.07, 6.45) is 3.14. The van der Waals surface area contributed by atoms with E-state index in [-0.39, 0.29) is 6.04 Å². The second-order valence-corrected chi connectivity index (χ2v) is 2.20. The van der Waals surface area contributed by atoms with Crippen molar-refractivity contribution in [3.8, 4) is 0 Å². The van der Waals surface area contributed by atoms with Crippen LogP contribution in [0.15, 0.2) is 18.6 Å². The molecule has 0 saturated carbocycles. The van der Waals surface area contributed by atoms with E-state index in [9.17, 15) is 0 Å². The van der Waals surface area contributed by atoms with Gasteiger partial charge in [-0.15, -0.1) is 0 Å². The SMILES string of the molecule is COC[C@H](N)c1ccncn1. The van der Waals surface area contributed by atoms with E-state index in [0.29, 0.717) is 6.61 Å². The van der Waals surface area contributed by atoms with Crippen LogP contribution in [0.4, 0.5) is 0 Å². The molecular formula is C7H11N3O. The molecule has 0 fully saturated rings. The lowest BCUT2D eigenvalue weighted by atomic mass is 10.2. The number of ether oxygens (including phenoxy) is 1. The molecule has 1 rings (SSSR count). The molecule has 11 heavy (non-hydrogen) atoms. The Kier molecular flexibility index (Phi) is 2.95. The van der Waals surface area contributed by atoms with Crippen molar-refractivity contribution in [3.05, 3.63) is 24.3 Å². The van der Waals surface area contributed by atoms with Crippen molar-refractivity contribution >= 4 is 0 Å². The smallest absolute Gasteiger partial charge is 0.115 e. The van der Waals surface area contributed by atoms with Gasteiger partial charge in [0.25, 0.3) is 0 Å². The molecule has 0 amide bonds. The first kappa shape index (κ1) is 8.10. The van der Waals surface area contributed by atoms with Crippen LogP contribution in [0, 0.1) is 0 Å². The van der Waals surface area contributed by atoms with E-state index < -0.39 is 0 Å². The predicted octanol–water partition coefficient (Wildman–Crippen LogP) is 0.123. The van der Waals surface area contributed by atoms with Gasteiger partial charge >= 0.3 is 0 Å². The topological polar surface area (TPSA) is 61.0 Å². The number of hydrogen-bond acceptors (Lipinski definition) is 4. The Labute approximate surface area is 65.4 Å². The van der Waals surface area contributed by atoms with E-state index in [0.717, 1.165) is 5.69 Å². The Bertz CT molecular complexity index is 202. The molecular weight excluding hydrogens is 142 g/mol. The molecule has 0 aromatic carbocycles. The molecule has 60 valence electrons. The molecule has 0 bridgehead atoms. The molecule has 1 aromatic rings. The summed E-state index contributed by atoms with van der Waals surface area (Å²) in [4.78, 5) is 7.76. The Morgan fingerprint density at radius 3 is 3.09 bits per heavy atom. The maximum Gasteiger partial charge on any atom is 0.115 e. The Morgan fingerprint density at radius 2 is 2.55 bits per heavy atom. The van der Waals surface area contributed by atoms with E-state index in [1.54, 1.807) is 19.4 Å². The van der Waals surface area contributed by atoms with Crippen LogP contribution in [0.3, 0.4) is 0 Å². The second kappa shape index (κ2) is 4.00. The zero-order valence-corrected chi connectivity index (χ0v) is 6.40. The maximum atomic E-state index is 5.69. The first-order chi connectivity index (χ1) is 5.34. The zero-order valence-electron chi connectivity index (χ0n) is 6.40. The molecule has 0 spiro atoms. The molecule has 4 heteroatoms. The predicted molar refractivity (Wildman–Crippen MR) is 40.8 cm³/mol. The molecule has 1 aromatic heterocycles. The highest BCUT2D eigenvalue weighted by atomic mass is 16.5. The van der Waals surface area contributed by atoms with E-state index in [4.69, 9.17) is 10.5 Å². The molecule has 2 N–H and O–H groups in total. The van der Waals surface area contributed by atoms with Crippen molar-refractivity contribution in [2.75, 3.05) is 13.7 Å². The Morgan fingerprint density at radius 1 is 1.73 bits per heavy atom. The number of aromatic nitrogens is 2. The van der Waals surface area contributed by atoms with E-state index in [1.807, 2.05) is 0 Å². The first-order valence-electron chi connectivity index (χ1n) is 3.35. The van der Waals surface area contributed by atoms with Gasteiger partial charge in [0, 0.05) is 13.3 Å². The largest absolute Gasteiger partial charge is 0.383 e. The summed E-state index contributed by atoms with van der Waals surface area (Å²) in [5, 5.41) is 0. The van der Waals surface area contributed by atoms with Crippen molar-refractivity contribution in [3.63, 3.8) is 0 Å². The van der Waals surface area contributed by atoms with Gasteiger partial charge in [0.2, 0.25) is 0 Å². The standard InChI is InChI=1S/C7H11N3O/c1-11-4-6(8)7-2-3-9-5-10-7/h2-3,5-6H,4,8H2,1H3/t6-/m0/s1. The van der Waals surface area contributed by atoms with Crippen LogP contribution in [0.25, 0.3) is 0 Å². The fourth-order valence-electron chi connectivity index (χ4n) is 0.785. The lowest BCUT2D eigenvalue weighted by molar-refractivity contribution is 0.179. The van der Waals surface area contributed by atoms with Crippen LogP contribution in [-0.2, 0) is 4.74 Å². The van der Waals surface area contributed by atoms with Crippen LogP contribution in [0.2, 0.25) is 0 Å². The molecule has 0 saturated heterocycles. The summed E-state index contributed by atoms with van der Waals surface area (Å²) >= 11 is 0. The zero-order chi connectivity index (χ0) is 8.10. The van der Waals surface area contributed by atoms with Crippen molar-refractivity contribution in [2.24, 2.45) is 5.73 Å². The van der Waals surface area contributed by atoms with Gasteiger partial charge in [-0.1, -0.05) is 0 Å². The number of nitrogens with zero attached hydrogens (tertiary/aromatic N) is 2. The second-order valence-electron chi connectivity index (χ2n) is 2.20. The van der Waals surface area contributed by atoms with E-state index >= 15 is 0 Å². The number of nitrogens with two attached hydrogens (primary N) is 1. The number of rotatable bonds is 3. The molecule has 0 unspecified atom stereocenters. The summed E-state index contributed by atoms with van der Waals surface area (Å²) < 4.78 is 4.87. The minimum Gasteiger partial charge on any atom is -0.383 e. The lowest BCUT2D eigenvalue weighted by Crippen LogP contribution is -2.17. The summed E-state index contributed by atoms with van der Waals surface area (Å²) in [7, 11) is 1.61. The summed E-state index contributed by atoms with van der Waals surface area (Å²) in [6.45, 7) is 0.483. The van der Waals surface area contributed by atoms with Crippen LogP contribution in [-0.4, -0.2) is 23.7 Å². The van der Waals surface area contributed by atoms with Gasteiger partial charge in [0.1, 0.15) is 6.33 Å².